The normalized spacial score (nSPS) is 20.4. The number of hydrogen-bond acceptors (Lipinski definition) is 6. The number of carboxylic acid groups (broad SMARTS) is 1. The van der Waals surface area contributed by atoms with Crippen LogP contribution in [0.5, 0.6) is 0 Å². The van der Waals surface area contributed by atoms with E-state index in [2.05, 4.69) is 15.3 Å². The number of anilines is 1. The van der Waals surface area contributed by atoms with Crippen molar-refractivity contribution in [2.24, 2.45) is 0 Å². The first-order valence-electron chi connectivity index (χ1n) is 11.2. The molecule has 4 heterocycles. The van der Waals surface area contributed by atoms with E-state index in [-0.39, 0.29) is 18.2 Å². The molecule has 3 atom stereocenters. The number of piperidine rings is 1. The van der Waals surface area contributed by atoms with Gasteiger partial charge in [-0.15, -0.1) is 0 Å². The fraction of sp³-hybridized carbons (Fsp3) is 0.280. The van der Waals surface area contributed by atoms with E-state index in [4.69, 9.17) is 9.72 Å². The summed E-state index contributed by atoms with van der Waals surface area (Å²) in [5.41, 5.74) is 2.65. The zero-order chi connectivity index (χ0) is 23.5. The van der Waals surface area contributed by atoms with Crippen LogP contribution < -0.4 is 5.32 Å². The van der Waals surface area contributed by atoms with E-state index >= 15 is 0 Å². The van der Waals surface area contributed by atoms with E-state index in [0.717, 1.165) is 16.9 Å². The molecule has 0 spiro atoms. The maximum atomic E-state index is 12.1. The molecular formula is C25H26N6O3. The molecular weight excluding hydrogens is 432 g/mol. The molecule has 1 aromatic carbocycles. The second-order valence-corrected chi connectivity index (χ2v) is 8.30. The number of rotatable bonds is 6. The Bertz CT molecular complexity index is 1280. The summed E-state index contributed by atoms with van der Waals surface area (Å²) in [5, 5.41) is 13.4. The molecule has 0 saturated carbocycles. The van der Waals surface area contributed by atoms with Gasteiger partial charge in [0.15, 0.2) is 5.82 Å². The van der Waals surface area contributed by atoms with Gasteiger partial charge in [-0.05, 0) is 36.6 Å². The van der Waals surface area contributed by atoms with Crippen LogP contribution in [0.2, 0.25) is 0 Å². The monoisotopic (exact) mass is 458 g/mol. The lowest BCUT2D eigenvalue weighted by molar-refractivity contribution is 0.00472. The zero-order valence-electron chi connectivity index (χ0n) is 18.8. The van der Waals surface area contributed by atoms with Crippen molar-refractivity contribution in [2.75, 3.05) is 19.0 Å². The first-order chi connectivity index (χ1) is 16.6. The minimum atomic E-state index is -0.934. The molecule has 1 aliphatic rings. The summed E-state index contributed by atoms with van der Waals surface area (Å²) in [7, 11) is 1.67. The van der Waals surface area contributed by atoms with Crippen LogP contribution in [0.15, 0.2) is 73.2 Å². The van der Waals surface area contributed by atoms with Crippen LogP contribution in [0.1, 0.15) is 12.0 Å². The molecule has 0 bridgehead atoms. The molecule has 1 saturated heterocycles. The van der Waals surface area contributed by atoms with Gasteiger partial charge >= 0.3 is 6.09 Å². The molecule has 3 aromatic heterocycles. The Morgan fingerprint density at radius 3 is 2.76 bits per heavy atom. The molecule has 1 fully saturated rings. The Labute approximate surface area is 197 Å². The summed E-state index contributed by atoms with van der Waals surface area (Å²) in [6, 6.07) is 16.9. The standard InChI is InChI=1S/C25H26N6O3/c1-34-20-11-14-31(25(32)33)18(15-17-7-3-2-4-8-17)23(20)28-21-10-12-26-24(29-21)19-16-27-22-9-5-6-13-30(19)22/h2-10,12-13,16,18,20,23H,11,14-15H2,1H3,(H,32,33)(H,26,28,29)/t18?,20-,23-/m0/s1. The Morgan fingerprint density at radius 2 is 1.97 bits per heavy atom. The first-order valence-corrected chi connectivity index (χ1v) is 11.2. The molecule has 2 N–H and O–H groups in total. The van der Waals surface area contributed by atoms with Gasteiger partial charge in [0.1, 0.15) is 17.2 Å². The van der Waals surface area contributed by atoms with Crippen molar-refractivity contribution in [3.05, 3.63) is 78.8 Å². The molecule has 5 rings (SSSR count). The number of methoxy groups -OCH3 is 1. The predicted octanol–water partition coefficient (Wildman–Crippen LogP) is 3.58. The second-order valence-electron chi connectivity index (χ2n) is 8.30. The van der Waals surface area contributed by atoms with Crippen molar-refractivity contribution in [2.45, 2.75) is 31.0 Å². The van der Waals surface area contributed by atoms with Gasteiger partial charge in [0.05, 0.1) is 24.4 Å². The maximum Gasteiger partial charge on any atom is 0.407 e. The van der Waals surface area contributed by atoms with Crippen molar-refractivity contribution in [1.82, 2.24) is 24.3 Å². The summed E-state index contributed by atoms with van der Waals surface area (Å²) in [4.78, 5) is 27.2. The van der Waals surface area contributed by atoms with Crippen molar-refractivity contribution in [3.8, 4) is 11.5 Å². The minimum Gasteiger partial charge on any atom is -0.465 e. The summed E-state index contributed by atoms with van der Waals surface area (Å²) >= 11 is 0. The van der Waals surface area contributed by atoms with Crippen LogP contribution >= 0.6 is 0 Å². The van der Waals surface area contributed by atoms with Crippen LogP contribution in [0.3, 0.4) is 0 Å². The fourth-order valence-electron chi connectivity index (χ4n) is 4.67. The second kappa shape index (κ2) is 9.48. The highest BCUT2D eigenvalue weighted by atomic mass is 16.5. The van der Waals surface area contributed by atoms with Gasteiger partial charge < -0.3 is 20.1 Å². The third kappa shape index (κ3) is 4.29. The topological polar surface area (TPSA) is 105 Å². The maximum absolute atomic E-state index is 12.1. The quantitative estimate of drug-likeness (QED) is 0.455. The van der Waals surface area contributed by atoms with E-state index in [1.165, 1.54) is 4.90 Å². The third-order valence-corrected chi connectivity index (χ3v) is 6.32. The zero-order valence-corrected chi connectivity index (χ0v) is 18.8. The van der Waals surface area contributed by atoms with Crippen LogP contribution in [-0.2, 0) is 11.2 Å². The highest BCUT2D eigenvalue weighted by Crippen LogP contribution is 2.27. The largest absolute Gasteiger partial charge is 0.465 e. The molecule has 1 amide bonds. The lowest BCUT2D eigenvalue weighted by atomic mass is 9.88. The Morgan fingerprint density at radius 1 is 1.15 bits per heavy atom. The highest BCUT2D eigenvalue weighted by Gasteiger charge is 2.40. The van der Waals surface area contributed by atoms with Crippen LogP contribution in [0.25, 0.3) is 17.2 Å². The SMILES string of the molecule is CO[C@H]1CCN(C(=O)O)C(Cc2ccccc2)[C@@H]1Nc1ccnc(-c2cnc3ccccn23)n1. The van der Waals surface area contributed by atoms with Crippen LogP contribution in [0, 0.1) is 0 Å². The Balaban J connectivity index is 1.47. The molecule has 34 heavy (non-hydrogen) atoms. The number of nitrogens with zero attached hydrogens (tertiary/aromatic N) is 5. The summed E-state index contributed by atoms with van der Waals surface area (Å²) < 4.78 is 7.73. The third-order valence-electron chi connectivity index (χ3n) is 6.32. The van der Waals surface area contributed by atoms with E-state index in [0.29, 0.717) is 31.0 Å². The average molecular weight is 459 g/mol. The molecule has 9 nitrogen and oxygen atoms in total. The minimum absolute atomic E-state index is 0.168. The van der Waals surface area contributed by atoms with E-state index in [9.17, 15) is 9.90 Å². The van der Waals surface area contributed by atoms with Gasteiger partial charge in [-0.2, -0.15) is 0 Å². The van der Waals surface area contributed by atoms with E-state index < -0.39 is 6.09 Å². The number of carbonyl (C=O) groups is 1. The molecule has 4 aromatic rings. The number of imidazole rings is 1. The van der Waals surface area contributed by atoms with E-state index in [1.807, 2.05) is 59.1 Å². The highest BCUT2D eigenvalue weighted by molar-refractivity contribution is 5.66. The number of amides is 1. The molecule has 1 aliphatic heterocycles. The molecule has 0 radical (unpaired) electrons. The number of nitrogens with one attached hydrogen (secondary N) is 1. The molecule has 174 valence electrons. The molecule has 9 heteroatoms. The molecule has 1 unspecified atom stereocenters. The van der Waals surface area contributed by atoms with Crippen molar-refractivity contribution < 1.29 is 14.6 Å². The van der Waals surface area contributed by atoms with Crippen molar-refractivity contribution >= 4 is 17.6 Å². The van der Waals surface area contributed by atoms with Gasteiger partial charge in [0.25, 0.3) is 0 Å². The fourth-order valence-corrected chi connectivity index (χ4v) is 4.67. The number of ether oxygens (including phenoxy) is 1. The average Bonchev–Trinajstić information content (AvgIpc) is 3.30. The predicted molar refractivity (Wildman–Crippen MR) is 128 cm³/mol. The number of pyridine rings is 1. The van der Waals surface area contributed by atoms with Crippen LogP contribution in [-0.4, -0.2) is 67.3 Å². The number of benzene rings is 1. The van der Waals surface area contributed by atoms with Gasteiger partial charge in [-0.1, -0.05) is 36.4 Å². The Kier molecular flexibility index (Phi) is 6.09. The number of fused-ring (bicyclic) bond motifs is 1. The van der Waals surface area contributed by atoms with Crippen LogP contribution in [0.4, 0.5) is 10.6 Å². The van der Waals surface area contributed by atoms with Gasteiger partial charge in [0, 0.05) is 26.0 Å². The first kappa shape index (κ1) is 21.8. The van der Waals surface area contributed by atoms with Gasteiger partial charge in [-0.25, -0.2) is 19.7 Å². The summed E-state index contributed by atoms with van der Waals surface area (Å²) in [5.74, 6) is 1.14. The number of likely N-dealkylation sites (tertiary alicyclic amines) is 1. The number of aromatic nitrogens is 4. The summed E-state index contributed by atoms with van der Waals surface area (Å²) in [6.07, 6.45) is 5.42. The van der Waals surface area contributed by atoms with Gasteiger partial charge in [-0.3, -0.25) is 4.40 Å². The lowest BCUT2D eigenvalue weighted by Crippen LogP contribution is -2.60. The number of hydrogen-bond donors (Lipinski definition) is 2. The summed E-state index contributed by atoms with van der Waals surface area (Å²) in [6.45, 7) is 0.417. The van der Waals surface area contributed by atoms with Gasteiger partial charge in [0.2, 0.25) is 0 Å². The Hall–Kier alpha value is -3.98. The van der Waals surface area contributed by atoms with Crippen molar-refractivity contribution in [3.63, 3.8) is 0 Å². The molecule has 0 aliphatic carbocycles. The van der Waals surface area contributed by atoms with E-state index in [1.54, 1.807) is 25.6 Å². The lowest BCUT2D eigenvalue weighted by Gasteiger charge is -2.44. The van der Waals surface area contributed by atoms with Crippen molar-refractivity contribution in [1.29, 1.82) is 0 Å². The smallest absolute Gasteiger partial charge is 0.407 e.